The van der Waals surface area contributed by atoms with Crippen LogP contribution in [0.15, 0.2) is 65.6 Å². The number of piperazine rings is 1. The van der Waals surface area contributed by atoms with Gasteiger partial charge in [0, 0.05) is 37.9 Å². The van der Waals surface area contributed by atoms with Gasteiger partial charge < -0.3 is 14.8 Å². The molecule has 0 radical (unpaired) electrons. The van der Waals surface area contributed by atoms with Crippen molar-refractivity contribution in [2.24, 2.45) is 0 Å². The summed E-state index contributed by atoms with van der Waals surface area (Å²) >= 11 is 0. The van der Waals surface area contributed by atoms with Crippen LogP contribution in [-0.4, -0.2) is 47.0 Å². The van der Waals surface area contributed by atoms with Crippen molar-refractivity contribution in [1.82, 2.24) is 14.9 Å². The lowest BCUT2D eigenvalue weighted by atomic mass is 10.2. The van der Waals surface area contributed by atoms with E-state index < -0.39 is 5.56 Å². The van der Waals surface area contributed by atoms with Gasteiger partial charge in [0.05, 0.1) is 5.69 Å². The normalized spacial score (nSPS) is 14.2. The predicted octanol–water partition coefficient (Wildman–Crippen LogP) is 2.54. The van der Waals surface area contributed by atoms with Gasteiger partial charge in [-0.15, -0.1) is 0 Å². The summed E-state index contributed by atoms with van der Waals surface area (Å²) in [7, 11) is 0. The fourth-order valence-electron chi connectivity index (χ4n) is 3.32. The molecule has 1 aromatic heterocycles. The molecule has 0 unspecified atom stereocenters. The molecule has 3 aromatic rings. The fraction of sp³-hybridized carbons (Fsp3) is 0.190. The number of anilines is 1. The number of para-hydroxylation sites is 1. The van der Waals surface area contributed by atoms with Crippen molar-refractivity contribution in [3.63, 3.8) is 0 Å². The third kappa shape index (κ3) is 3.51. The molecular weight excluding hydrogens is 359 g/mol. The SMILES string of the molecule is O=C(c1cnc(-c2ccccc2)[nH]c1=O)N1CCN(c2ccccc2F)CC1. The lowest BCUT2D eigenvalue weighted by Gasteiger charge is -2.36. The number of rotatable bonds is 3. The highest BCUT2D eigenvalue weighted by atomic mass is 19.1. The zero-order valence-electron chi connectivity index (χ0n) is 15.1. The maximum Gasteiger partial charge on any atom is 0.264 e. The number of carbonyl (C=O) groups excluding carboxylic acids is 1. The summed E-state index contributed by atoms with van der Waals surface area (Å²) in [4.78, 5) is 35.6. The minimum Gasteiger partial charge on any atom is -0.366 e. The first kappa shape index (κ1) is 17.9. The number of hydrogen-bond acceptors (Lipinski definition) is 4. The van der Waals surface area contributed by atoms with Crippen molar-refractivity contribution in [1.29, 1.82) is 0 Å². The van der Waals surface area contributed by atoms with Crippen molar-refractivity contribution >= 4 is 11.6 Å². The van der Waals surface area contributed by atoms with E-state index in [9.17, 15) is 14.0 Å². The first-order chi connectivity index (χ1) is 13.6. The van der Waals surface area contributed by atoms with Gasteiger partial charge >= 0.3 is 0 Å². The van der Waals surface area contributed by atoms with Crippen molar-refractivity contribution in [3.8, 4) is 11.4 Å². The molecule has 0 atom stereocenters. The van der Waals surface area contributed by atoms with E-state index in [-0.39, 0.29) is 17.3 Å². The zero-order valence-corrected chi connectivity index (χ0v) is 15.1. The van der Waals surface area contributed by atoms with Crippen LogP contribution >= 0.6 is 0 Å². The van der Waals surface area contributed by atoms with E-state index in [0.29, 0.717) is 37.7 Å². The maximum absolute atomic E-state index is 13.9. The van der Waals surface area contributed by atoms with E-state index in [0.717, 1.165) is 5.56 Å². The molecule has 1 aliphatic heterocycles. The number of aromatic nitrogens is 2. The summed E-state index contributed by atoms with van der Waals surface area (Å²) in [6, 6.07) is 15.8. The summed E-state index contributed by atoms with van der Waals surface area (Å²) in [5.41, 5.74) is 0.854. The number of aromatic amines is 1. The van der Waals surface area contributed by atoms with Gasteiger partial charge in [-0.25, -0.2) is 9.37 Å². The van der Waals surface area contributed by atoms with Crippen molar-refractivity contribution in [3.05, 3.63) is 82.5 Å². The summed E-state index contributed by atoms with van der Waals surface area (Å²) in [5.74, 6) is -0.215. The Kier molecular flexibility index (Phi) is 4.89. The van der Waals surface area contributed by atoms with Crippen LogP contribution in [0.2, 0.25) is 0 Å². The number of amides is 1. The van der Waals surface area contributed by atoms with Gasteiger partial charge in [-0.3, -0.25) is 9.59 Å². The van der Waals surface area contributed by atoms with Crippen LogP contribution in [0, 0.1) is 5.82 Å². The minimum atomic E-state index is -0.463. The lowest BCUT2D eigenvalue weighted by molar-refractivity contribution is 0.0744. The van der Waals surface area contributed by atoms with Crippen LogP contribution < -0.4 is 10.5 Å². The summed E-state index contributed by atoms with van der Waals surface area (Å²) in [5, 5.41) is 0. The van der Waals surface area contributed by atoms with E-state index in [1.54, 1.807) is 23.1 Å². The minimum absolute atomic E-state index is 0.0130. The fourth-order valence-corrected chi connectivity index (χ4v) is 3.32. The quantitative estimate of drug-likeness (QED) is 0.761. The average Bonchev–Trinajstić information content (AvgIpc) is 2.74. The van der Waals surface area contributed by atoms with Crippen LogP contribution in [0.25, 0.3) is 11.4 Å². The Bertz CT molecular complexity index is 1040. The first-order valence-corrected chi connectivity index (χ1v) is 9.07. The molecule has 1 aliphatic rings. The molecule has 28 heavy (non-hydrogen) atoms. The second kappa shape index (κ2) is 7.64. The average molecular weight is 378 g/mol. The van der Waals surface area contributed by atoms with Gasteiger partial charge in [-0.2, -0.15) is 0 Å². The molecule has 0 aliphatic carbocycles. The number of hydrogen-bond donors (Lipinski definition) is 1. The highest BCUT2D eigenvalue weighted by Gasteiger charge is 2.25. The number of halogens is 1. The molecule has 2 heterocycles. The molecule has 7 heteroatoms. The highest BCUT2D eigenvalue weighted by molar-refractivity contribution is 5.93. The van der Waals surface area contributed by atoms with Gasteiger partial charge in [0.2, 0.25) is 0 Å². The number of nitrogens with one attached hydrogen (secondary N) is 1. The third-order valence-electron chi connectivity index (χ3n) is 4.84. The van der Waals surface area contributed by atoms with Crippen LogP contribution in [0.1, 0.15) is 10.4 Å². The molecule has 1 N–H and O–H groups in total. The summed E-state index contributed by atoms with van der Waals surface area (Å²) in [6.07, 6.45) is 1.33. The molecular formula is C21H19FN4O2. The second-order valence-electron chi connectivity index (χ2n) is 6.57. The Morgan fingerprint density at radius 2 is 1.64 bits per heavy atom. The van der Waals surface area contributed by atoms with Crippen molar-refractivity contribution < 1.29 is 9.18 Å². The van der Waals surface area contributed by atoms with E-state index in [1.165, 1.54) is 12.3 Å². The molecule has 0 saturated carbocycles. The first-order valence-electron chi connectivity index (χ1n) is 9.07. The van der Waals surface area contributed by atoms with Gasteiger partial charge in [0.1, 0.15) is 17.2 Å². The smallest absolute Gasteiger partial charge is 0.264 e. The van der Waals surface area contributed by atoms with E-state index >= 15 is 0 Å². The third-order valence-corrected chi connectivity index (χ3v) is 4.84. The molecule has 142 valence electrons. The lowest BCUT2D eigenvalue weighted by Crippen LogP contribution is -2.49. The topological polar surface area (TPSA) is 69.3 Å². The van der Waals surface area contributed by atoms with Gasteiger partial charge in [-0.05, 0) is 12.1 Å². The zero-order chi connectivity index (χ0) is 19.5. The maximum atomic E-state index is 13.9. The predicted molar refractivity (Wildman–Crippen MR) is 105 cm³/mol. The van der Waals surface area contributed by atoms with E-state index in [1.807, 2.05) is 35.2 Å². The monoisotopic (exact) mass is 378 g/mol. The molecule has 2 aromatic carbocycles. The molecule has 1 amide bonds. The molecule has 6 nitrogen and oxygen atoms in total. The summed E-state index contributed by atoms with van der Waals surface area (Å²) in [6.45, 7) is 1.82. The van der Waals surface area contributed by atoms with Crippen LogP contribution in [0.3, 0.4) is 0 Å². The standard InChI is InChI=1S/C21H19FN4O2/c22-17-8-4-5-9-18(17)25-10-12-26(13-11-25)21(28)16-14-23-19(24-20(16)27)15-6-2-1-3-7-15/h1-9,14H,10-13H2,(H,23,24,27). The Balaban J connectivity index is 1.47. The number of benzene rings is 2. The van der Waals surface area contributed by atoms with Crippen LogP contribution in [-0.2, 0) is 0 Å². The van der Waals surface area contributed by atoms with Gasteiger partial charge in [0.25, 0.3) is 11.5 Å². The Morgan fingerprint density at radius 1 is 0.964 bits per heavy atom. The molecule has 4 rings (SSSR count). The summed E-state index contributed by atoms with van der Waals surface area (Å²) < 4.78 is 13.9. The second-order valence-corrected chi connectivity index (χ2v) is 6.57. The molecule has 0 spiro atoms. The highest BCUT2D eigenvalue weighted by Crippen LogP contribution is 2.20. The number of nitrogens with zero attached hydrogens (tertiary/aromatic N) is 3. The Morgan fingerprint density at radius 3 is 2.32 bits per heavy atom. The van der Waals surface area contributed by atoms with Crippen LogP contribution in [0.4, 0.5) is 10.1 Å². The van der Waals surface area contributed by atoms with Crippen molar-refractivity contribution in [2.75, 3.05) is 31.1 Å². The molecule has 1 saturated heterocycles. The Hall–Kier alpha value is -3.48. The molecule has 1 fully saturated rings. The van der Waals surface area contributed by atoms with E-state index in [2.05, 4.69) is 9.97 Å². The van der Waals surface area contributed by atoms with E-state index in [4.69, 9.17) is 0 Å². The van der Waals surface area contributed by atoms with Crippen molar-refractivity contribution in [2.45, 2.75) is 0 Å². The number of H-pyrrole nitrogens is 1. The van der Waals surface area contributed by atoms with Gasteiger partial charge in [-0.1, -0.05) is 42.5 Å². The Labute approximate surface area is 161 Å². The van der Waals surface area contributed by atoms with Crippen LogP contribution in [0.5, 0.6) is 0 Å². The largest absolute Gasteiger partial charge is 0.366 e. The molecule has 0 bridgehead atoms. The number of carbonyl (C=O) groups is 1. The van der Waals surface area contributed by atoms with Gasteiger partial charge in [0.15, 0.2) is 0 Å².